The lowest BCUT2D eigenvalue weighted by atomic mass is 10.2. The summed E-state index contributed by atoms with van der Waals surface area (Å²) in [4.78, 5) is 22.4. The largest absolute Gasteiger partial charge is 0.360 e. The summed E-state index contributed by atoms with van der Waals surface area (Å²) in [7, 11) is 0. The number of carbonyl (C=O) groups is 1. The second-order valence-corrected chi connectivity index (χ2v) is 6.07. The van der Waals surface area contributed by atoms with Crippen molar-refractivity contribution in [3.63, 3.8) is 0 Å². The zero-order valence-corrected chi connectivity index (χ0v) is 15.1. The summed E-state index contributed by atoms with van der Waals surface area (Å²) in [6, 6.07) is 10.2. The lowest BCUT2D eigenvalue weighted by molar-refractivity contribution is -0.384. The average Bonchev–Trinajstić information content (AvgIpc) is 2.59. The van der Waals surface area contributed by atoms with E-state index in [1.165, 1.54) is 36.4 Å². The molecule has 26 heavy (non-hydrogen) atoms. The number of nitrogens with one attached hydrogen (secondary N) is 2. The van der Waals surface area contributed by atoms with Gasteiger partial charge in [-0.1, -0.05) is 34.8 Å². The first-order valence-corrected chi connectivity index (χ1v) is 8.02. The number of rotatable bonds is 5. The van der Waals surface area contributed by atoms with E-state index >= 15 is 0 Å². The number of nitro groups is 1. The second-order valence-electron chi connectivity index (χ2n) is 4.82. The van der Waals surface area contributed by atoms with Gasteiger partial charge in [0.1, 0.15) is 16.7 Å². The topological polar surface area (TPSA) is 108 Å². The van der Waals surface area contributed by atoms with Gasteiger partial charge in [-0.05, 0) is 30.3 Å². The third-order valence-electron chi connectivity index (χ3n) is 3.07. The van der Waals surface area contributed by atoms with E-state index in [1.807, 2.05) is 0 Å². The molecule has 0 aliphatic carbocycles. The predicted molar refractivity (Wildman–Crippen MR) is 101 cm³/mol. The van der Waals surface area contributed by atoms with E-state index in [0.717, 1.165) is 6.20 Å². The number of benzene rings is 2. The third-order valence-corrected chi connectivity index (χ3v) is 3.94. The summed E-state index contributed by atoms with van der Waals surface area (Å²) < 4.78 is 0. The Kier molecular flexibility index (Phi) is 6.41. The number of halogens is 3. The minimum atomic E-state index is -0.715. The molecule has 2 N–H and O–H groups in total. The molecule has 0 radical (unpaired) electrons. The minimum Gasteiger partial charge on any atom is -0.360 e. The fourth-order valence-corrected chi connectivity index (χ4v) is 2.47. The molecule has 0 aliphatic rings. The van der Waals surface area contributed by atoms with Gasteiger partial charge in [0.2, 0.25) is 0 Å². The molecule has 0 unspecified atom stereocenters. The molecule has 0 atom stereocenters. The molecule has 0 aromatic heterocycles. The number of hydrogen-bond donors (Lipinski definition) is 2. The van der Waals surface area contributed by atoms with Gasteiger partial charge in [-0.2, -0.15) is 5.26 Å². The smallest absolute Gasteiger partial charge is 0.289 e. The molecule has 2 aromatic carbocycles. The number of nitrogens with zero attached hydrogens (tertiary/aromatic N) is 2. The first kappa shape index (κ1) is 19.5. The Morgan fingerprint density at radius 2 is 1.88 bits per heavy atom. The van der Waals surface area contributed by atoms with E-state index in [2.05, 4.69) is 10.6 Å². The normalized spacial score (nSPS) is 10.8. The zero-order chi connectivity index (χ0) is 19.3. The van der Waals surface area contributed by atoms with Gasteiger partial charge in [-0.3, -0.25) is 14.9 Å². The number of hydrogen-bond acceptors (Lipinski definition) is 5. The molecule has 0 fully saturated rings. The van der Waals surface area contributed by atoms with E-state index in [0.29, 0.717) is 5.02 Å². The fourth-order valence-electron chi connectivity index (χ4n) is 1.83. The van der Waals surface area contributed by atoms with Gasteiger partial charge in [0.25, 0.3) is 11.6 Å². The highest BCUT2D eigenvalue weighted by molar-refractivity contribution is 6.36. The van der Waals surface area contributed by atoms with Crippen LogP contribution in [0.2, 0.25) is 15.1 Å². The molecule has 0 aliphatic heterocycles. The van der Waals surface area contributed by atoms with Crippen molar-refractivity contribution < 1.29 is 9.72 Å². The molecule has 0 saturated carbocycles. The van der Waals surface area contributed by atoms with Crippen molar-refractivity contribution in [3.8, 4) is 6.07 Å². The van der Waals surface area contributed by atoms with E-state index in [-0.39, 0.29) is 32.7 Å². The molecule has 0 saturated heterocycles. The molecule has 10 heteroatoms. The Labute approximate surface area is 162 Å². The molecule has 7 nitrogen and oxygen atoms in total. The highest BCUT2D eigenvalue weighted by atomic mass is 35.5. The molecule has 1 amide bonds. The molecule has 0 bridgehead atoms. The summed E-state index contributed by atoms with van der Waals surface area (Å²) in [5.74, 6) is -0.715. The summed E-state index contributed by atoms with van der Waals surface area (Å²) in [5.41, 5.74) is -0.00915. The summed E-state index contributed by atoms with van der Waals surface area (Å²) >= 11 is 17.5. The van der Waals surface area contributed by atoms with Crippen molar-refractivity contribution in [2.75, 3.05) is 10.6 Å². The lowest BCUT2D eigenvalue weighted by Crippen LogP contribution is -2.14. The maximum atomic E-state index is 12.2. The molecule has 132 valence electrons. The zero-order valence-electron chi connectivity index (χ0n) is 12.8. The maximum Gasteiger partial charge on any atom is 0.289 e. The van der Waals surface area contributed by atoms with Crippen molar-refractivity contribution in [2.24, 2.45) is 0 Å². The van der Waals surface area contributed by atoms with Crippen molar-refractivity contribution >= 4 is 57.8 Å². The predicted octanol–water partition coefficient (Wildman–Crippen LogP) is 5.01. The van der Waals surface area contributed by atoms with Crippen molar-refractivity contribution in [1.29, 1.82) is 5.26 Å². The van der Waals surface area contributed by atoms with Gasteiger partial charge in [0, 0.05) is 23.0 Å². The van der Waals surface area contributed by atoms with Gasteiger partial charge in [0.05, 0.1) is 15.6 Å². The first-order valence-electron chi connectivity index (χ1n) is 6.89. The van der Waals surface area contributed by atoms with Gasteiger partial charge in [-0.15, -0.1) is 0 Å². The lowest BCUT2D eigenvalue weighted by Gasteiger charge is -2.07. The number of nitriles is 1. The molecule has 2 aromatic rings. The van der Waals surface area contributed by atoms with E-state index in [1.54, 1.807) is 6.07 Å². The van der Waals surface area contributed by atoms with Crippen LogP contribution in [-0.2, 0) is 4.79 Å². The Morgan fingerprint density at radius 3 is 2.50 bits per heavy atom. The van der Waals surface area contributed by atoms with Crippen LogP contribution in [0.25, 0.3) is 0 Å². The molecule has 2 rings (SSSR count). The minimum absolute atomic E-state index is 0.0276. The maximum absolute atomic E-state index is 12.2. The van der Waals surface area contributed by atoms with Gasteiger partial charge >= 0.3 is 0 Å². The number of anilines is 2. The summed E-state index contributed by atoms with van der Waals surface area (Å²) in [6.45, 7) is 0. The average molecular weight is 412 g/mol. The highest BCUT2D eigenvalue weighted by Crippen LogP contribution is 2.28. The molecular weight excluding hydrogens is 403 g/mol. The molecular formula is C16H9Cl3N4O3. The van der Waals surface area contributed by atoms with Crippen molar-refractivity contribution in [1.82, 2.24) is 0 Å². The first-order chi connectivity index (χ1) is 12.3. The van der Waals surface area contributed by atoms with Crippen LogP contribution in [0.4, 0.5) is 17.1 Å². The SMILES string of the molecule is N#C/C(=C/Nc1ccc(Cl)c([N+](=O)[O-])c1)C(=O)Nc1ccc(Cl)cc1Cl. The number of amides is 1. The van der Waals surface area contributed by atoms with Crippen LogP contribution in [-0.4, -0.2) is 10.8 Å². The van der Waals surface area contributed by atoms with Gasteiger partial charge in [-0.25, -0.2) is 0 Å². The monoisotopic (exact) mass is 410 g/mol. The van der Waals surface area contributed by atoms with Gasteiger partial charge < -0.3 is 10.6 Å². The quantitative estimate of drug-likeness (QED) is 0.311. The van der Waals surface area contributed by atoms with E-state index < -0.39 is 10.8 Å². The van der Waals surface area contributed by atoms with Crippen LogP contribution < -0.4 is 10.6 Å². The summed E-state index contributed by atoms with van der Waals surface area (Å²) in [6.07, 6.45) is 1.12. The van der Waals surface area contributed by atoms with Crippen molar-refractivity contribution in [3.05, 3.63) is 73.4 Å². The third kappa shape index (κ3) is 4.86. The van der Waals surface area contributed by atoms with Crippen LogP contribution in [0.1, 0.15) is 0 Å². The summed E-state index contributed by atoms with van der Waals surface area (Å²) in [5, 5.41) is 25.7. The number of nitro benzene ring substituents is 1. The standard InChI is InChI=1S/C16H9Cl3N4O3/c17-10-1-4-14(13(19)5-10)22-16(24)9(7-20)8-21-11-2-3-12(18)15(6-11)23(25)26/h1-6,8,21H,(H,22,24)/b9-8-. The van der Waals surface area contributed by atoms with Crippen molar-refractivity contribution in [2.45, 2.75) is 0 Å². The van der Waals surface area contributed by atoms with Crippen LogP contribution in [0.5, 0.6) is 0 Å². The fraction of sp³-hybridized carbons (Fsp3) is 0. The van der Waals surface area contributed by atoms with E-state index in [4.69, 9.17) is 40.1 Å². The Hall–Kier alpha value is -2.79. The highest BCUT2D eigenvalue weighted by Gasteiger charge is 2.14. The molecule has 0 heterocycles. The van der Waals surface area contributed by atoms with Crippen LogP contribution >= 0.6 is 34.8 Å². The van der Waals surface area contributed by atoms with Crippen LogP contribution in [0.15, 0.2) is 48.2 Å². The van der Waals surface area contributed by atoms with Gasteiger partial charge in [0.15, 0.2) is 0 Å². The van der Waals surface area contributed by atoms with Crippen LogP contribution in [0, 0.1) is 21.4 Å². The van der Waals surface area contributed by atoms with E-state index in [9.17, 15) is 14.9 Å². The Balaban J connectivity index is 2.17. The Morgan fingerprint density at radius 1 is 1.15 bits per heavy atom. The number of carbonyl (C=O) groups excluding carboxylic acids is 1. The van der Waals surface area contributed by atoms with Crippen LogP contribution in [0.3, 0.4) is 0 Å². The second kappa shape index (κ2) is 8.54. The Bertz CT molecular complexity index is 954. The molecule has 0 spiro atoms.